The van der Waals surface area contributed by atoms with Gasteiger partial charge in [0.1, 0.15) is 5.82 Å². The van der Waals surface area contributed by atoms with Gasteiger partial charge >= 0.3 is 0 Å². The van der Waals surface area contributed by atoms with E-state index in [1.54, 1.807) is 12.1 Å². The Balaban J connectivity index is 2.03. The van der Waals surface area contributed by atoms with Crippen LogP contribution in [0.4, 0.5) is 4.39 Å². The number of nitrogens with two attached hydrogens (primary N) is 1. The lowest BCUT2D eigenvalue weighted by Crippen LogP contribution is -1.94. The zero-order chi connectivity index (χ0) is 13.2. The summed E-state index contributed by atoms with van der Waals surface area (Å²) in [5.41, 5.74) is 9.67. The minimum absolute atomic E-state index is 0.247. The molecule has 3 N–H and O–H groups in total. The minimum Gasteiger partial charge on any atom is -0.398 e. The Hall–Kier alpha value is -2.55. The number of rotatable bonds is 2. The van der Waals surface area contributed by atoms with Gasteiger partial charge in [0.25, 0.3) is 0 Å². The molecule has 0 aliphatic rings. The van der Waals surface area contributed by atoms with E-state index in [0.29, 0.717) is 5.70 Å². The average molecular weight is 252 g/mol. The second kappa shape index (κ2) is 4.61. The molecule has 1 aromatic heterocycles. The van der Waals surface area contributed by atoms with Crippen molar-refractivity contribution in [1.29, 1.82) is 0 Å². The van der Waals surface area contributed by atoms with Crippen molar-refractivity contribution in [2.45, 2.75) is 0 Å². The minimum atomic E-state index is -0.247. The smallest absolute Gasteiger partial charge is 0.123 e. The van der Waals surface area contributed by atoms with E-state index in [1.807, 2.05) is 36.5 Å². The van der Waals surface area contributed by atoms with Crippen molar-refractivity contribution in [3.8, 4) is 0 Å². The average Bonchev–Trinajstić information content (AvgIpc) is 2.85. The molecule has 94 valence electrons. The quantitative estimate of drug-likeness (QED) is 0.716. The summed E-state index contributed by atoms with van der Waals surface area (Å²) in [6.45, 7) is 0. The van der Waals surface area contributed by atoms with E-state index in [2.05, 4.69) is 4.98 Å². The van der Waals surface area contributed by atoms with Crippen LogP contribution in [0.2, 0.25) is 0 Å². The number of para-hydroxylation sites is 1. The number of H-pyrrole nitrogens is 1. The third-order valence-corrected chi connectivity index (χ3v) is 3.09. The Labute approximate surface area is 110 Å². The molecule has 0 fully saturated rings. The van der Waals surface area contributed by atoms with Gasteiger partial charge in [-0.05, 0) is 29.8 Å². The summed E-state index contributed by atoms with van der Waals surface area (Å²) < 4.78 is 12.8. The van der Waals surface area contributed by atoms with Crippen molar-refractivity contribution in [3.05, 3.63) is 71.7 Å². The summed E-state index contributed by atoms with van der Waals surface area (Å²) in [5.74, 6) is -0.247. The number of hydrogen-bond donors (Lipinski definition) is 2. The number of aromatic nitrogens is 1. The van der Waals surface area contributed by atoms with Crippen LogP contribution in [-0.2, 0) is 0 Å². The van der Waals surface area contributed by atoms with E-state index in [4.69, 9.17) is 5.73 Å². The molecule has 19 heavy (non-hydrogen) atoms. The van der Waals surface area contributed by atoms with Crippen LogP contribution in [0.3, 0.4) is 0 Å². The first-order valence-electron chi connectivity index (χ1n) is 6.03. The van der Waals surface area contributed by atoms with Gasteiger partial charge < -0.3 is 10.7 Å². The van der Waals surface area contributed by atoms with Gasteiger partial charge in [0.2, 0.25) is 0 Å². The normalized spacial score (nSPS) is 11.9. The second-order valence-corrected chi connectivity index (χ2v) is 4.40. The maximum Gasteiger partial charge on any atom is 0.123 e. The summed E-state index contributed by atoms with van der Waals surface area (Å²) in [6.07, 6.45) is 3.73. The van der Waals surface area contributed by atoms with E-state index >= 15 is 0 Å². The topological polar surface area (TPSA) is 41.8 Å². The summed E-state index contributed by atoms with van der Waals surface area (Å²) in [4.78, 5) is 3.18. The monoisotopic (exact) mass is 252 g/mol. The van der Waals surface area contributed by atoms with Crippen molar-refractivity contribution in [1.82, 2.24) is 4.98 Å². The van der Waals surface area contributed by atoms with Gasteiger partial charge in [-0.15, -0.1) is 0 Å². The molecule has 0 aliphatic carbocycles. The molecule has 0 saturated heterocycles. The maximum absolute atomic E-state index is 12.8. The van der Waals surface area contributed by atoms with Gasteiger partial charge in [0.05, 0.1) is 0 Å². The van der Waals surface area contributed by atoms with Gasteiger partial charge in [-0.1, -0.05) is 30.3 Å². The van der Waals surface area contributed by atoms with Gasteiger partial charge in [0.15, 0.2) is 0 Å². The van der Waals surface area contributed by atoms with Gasteiger partial charge in [-0.25, -0.2) is 4.39 Å². The lowest BCUT2D eigenvalue weighted by molar-refractivity contribution is 0.628. The molecule has 0 bridgehead atoms. The maximum atomic E-state index is 12.8. The molecule has 0 unspecified atom stereocenters. The zero-order valence-electron chi connectivity index (χ0n) is 10.2. The molecule has 0 radical (unpaired) electrons. The molecule has 3 aromatic rings. The number of nitrogens with one attached hydrogen (secondary N) is 1. The van der Waals surface area contributed by atoms with E-state index < -0.39 is 0 Å². The predicted octanol–water partition coefficient (Wildman–Crippen LogP) is 3.76. The van der Waals surface area contributed by atoms with E-state index in [0.717, 1.165) is 22.0 Å². The SMILES string of the molecule is N/C(=C\c1ccc(F)cc1)c1c[nH]c2ccccc12. The van der Waals surface area contributed by atoms with E-state index in [1.165, 1.54) is 12.1 Å². The lowest BCUT2D eigenvalue weighted by atomic mass is 10.1. The molecular weight excluding hydrogens is 239 g/mol. The number of fused-ring (bicyclic) bond motifs is 1. The number of halogens is 1. The van der Waals surface area contributed by atoms with E-state index in [-0.39, 0.29) is 5.82 Å². The largest absolute Gasteiger partial charge is 0.398 e. The highest BCUT2D eigenvalue weighted by Crippen LogP contribution is 2.23. The van der Waals surface area contributed by atoms with Crippen LogP contribution < -0.4 is 5.73 Å². The van der Waals surface area contributed by atoms with Crippen LogP contribution in [0.1, 0.15) is 11.1 Å². The highest BCUT2D eigenvalue weighted by molar-refractivity contribution is 5.95. The Kier molecular flexibility index (Phi) is 2.80. The lowest BCUT2D eigenvalue weighted by Gasteiger charge is -2.00. The van der Waals surface area contributed by atoms with Crippen LogP contribution in [-0.4, -0.2) is 4.98 Å². The Morgan fingerprint density at radius 1 is 1.05 bits per heavy atom. The second-order valence-electron chi connectivity index (χ2n) is 4.40. The molecule has 2 aromatic carbocycles. The molecule has 2 nitrogen and oxygen atoms in total. The summed E-state index contributed by atoms with van der Waals surface area (Å²) >= 11 is 0. The Morgan fingerprint density at radius 3 is 2.58 bits per heavy atom. The van der Waals surface area contributed by atoms with Crippen molar-refractivity contribution >= 4 is 22.7 Å². The molecule has 0 atom stereocenters. The van der Waals surface area contributed by atoms with Gasteiger partial charge in [-0.3, -0.25) is 0 Å². The van der Waals surface area contributed by atoms with Crippen LogP contribution in [0.15, 0.2) is 54.7 Å². The molecule has 0 spiro atoms. The van der Waals surface area contributed by atoms with Crippen molar-refractivity contribution in [3.63, 3.8) is 0 Å². The summed E-state index contributed by atoms with van der Waals surface area (Å²) in [6, 6.07) is 14.2. The summed E-state index contributed by atoms with van der Waals surface area (Å²) in [7, 11) is 0. The highest BCUT2D eigenvalue weighted by atomic mass is 19.1. The third kappa shape index (κ3) is 2.22. The molecular formula is C16H13FN2. The first kappa shape index (κ1) is 11.5. The molecule has 0 amide bonds. The summed E-state index contributed by atoms with van der Waals surface area (Å²) in [5, 5.41) is 1.08. The Morgan fingerprint density at radius 2 is 1.79 bits per heavy atom. The third-order valence-electron chi connectivity index (χ3n) is 3.09. The van der Waals surface area contributed by atoms with Gasteiger partial charge in [0, 0.05) is 28.4 Å². The number of hydrogen-bond acceptors (Lipinski definition) is 1. The van der Waals surface area contributed by atoms with Crippen molar-refractivity contribution < 1.29 is 4.39 Å². The Bertz CT molecular complexity index is 739. The number of benzene rings is 2. The van der Waals surface area contributed by atoms with Gasteiger partial charge in [-0.2, -0.15) is 0 Å². The van der Waals surface area contributed by atoms with Crippen molar-refractivity contribution in [2.75, 3.05) is 0 Å². The van der Waals surface area contributed by atoms with Crippen LogP contribution in [0.5, 0.6) is 0 Å². The molecule has 3 rings (SSSR count). The van der Waals surface area contributed by atoms with Crippen LogP contribution in [0.25, 0.3) is 22.7 Å². The molecule has 3 heteroatoms. The highest BCUT2D eigenvalue weighted by Gasteiger charge is 2.05. The number of aromatic amines is 1. The fourth-order valence-electron chi connectivity index (χ4n) is 2.13. The van der Waals surface area contributed by atoms with Crippen LogP contribution >= 0.6 is 0 Å². The fourth-order valence-corrected chi connectivity index (χ4v) is 2.13. The van der Waals surface area contributed by atoms with Crippen molar-refractivity contribution in [2.24, 2.45) is 5.73 Å². The molecule has 1 heterocycles. The molecule has 0 saturated carbocycles. The zero-order valence-corrected chi connectivity index (χ0v) is 10.2. The predicted molar refractivity (Wildman–Crippen MR) is 76.8 cm³/mol. The van der Waals surface area contributed by atoms with E-state index in [9.17, 15) is 4.39 Å². The fraction of sp³-hybridized carbons (Fsp3) is 0. The first-order chi connectivity index (χ1) is 9.24. The van der Waals surface area contributed by atoms with Crippen LogP contribution in [0, 0.1) is 5.82 Å². The standard InChI is InChI=1S/C16H13FN2/c17-12-7-5-11(6-8-12)9-15(18)14-10-19-16-4-2-1-3-13(14)16/h1-10,19H,18H2/b15-9-. The molecule has 0 aliphatic heterocycles. The first-order valence-corrected chi connectivity index (χ1v) is 6.03.